The molecule has 0 unspecified atom stereocenters. The zero-order valence-corrected chi connectivity index (χ0v) is 12.0. The molecule has 0 saturated carbocycles. The Balaban J connectivity index is 1.81. The lowest BCUT2D eigenvalue weighted by Crippen LogP contribution is -2.58. The maximum atomic E-state index is 10.9. The van der Waals surface area contributed by atoms with Gasteiger partial charge in [-0.15, -0.1) is 0 Å². The number of benzene rings is 1. The summed E-state index contributed by atoms with van der Waals surface area (Å²) in [5.74, 6) is 0.550. The lowest BCUT2D eigenvalue weighted by atomic mass is 10.1. The highest BCUT2D eigenvalue weighted by Crippen LogP contribution is 2.33. The van der Waals surface area contributed by atoms with Gasteiger partial charge >= 0.3 is 0 Å². The molecule has 1 atom stereocenters. The number of hydrogen-bond acceptors (Lipinski definition) is 6. The fourth-order valence-electron chi connectivity index (χ4n) is 3.01. The van der Waals surface area contributed by atoms with Gasteiger partial charge in [-0.3, -0.25) is 15.0 Å². The highest BCUT2D eigenvalue weighted by atomic mass is 16.6. The van der Waals surface area contributed by atoms with Crippen molar-refractivity contribution in [1.29, 1.82) is 0 Å². The van der Waals surface area contributed by atoms with Crippen molar-refractivity contribution in [1.82, 2.24) is 4.90 Å². The van der Waals surface area contributed by atoms with Gasteiger partial charge in [0, 0.05) is 32.2 Å². The van der Waals surface area contributed by atoms with Crippen LogP contribution in [0.2, 0.25) is 0 Å². The highest BCUT2D eigenvalue weighted by molar-refractivity contribution is 5.62. The number of hydrogen-bond donors (Lipinski definition) is 0. The van der Waals surface area contributed by atoms with Crippen molar-refractivity contribution in [2.75, 3.05) is 51.4 Å². The third-order valence-electron chi connectivity index (χ3n) is 4.15. The van der Waals surface area contributed by atoms with Gasteiger partial charge in [0.2, 0.25) is 0 Å². The normalized spacial score (nSPS) is 22.7. The maximum Gasteiger partial charge on any atom is 0.273 e. The van der Waals surface area contributed by atoms with Crippen LogP contribution in [0.5, 0.6) is 5.75 Å². The number of non-ortho nitro benzene ring substituents is 1. The van der Waals surface area contributed by atoms with Gasteiger partial charge in [-0.05, 0) is 6.07 Å². The first-order chi connectivity index (χ1) is 10.2. The molecule has 2 fully saturated rings. The second-order valence-electron chi connectivity index (χ2n) is 5.32. The van der Waals surface area contributed by atoms with Gasteiger partial charge < -0.3 is 14.4 Å². The van der Waals surface area contributed by atoms with Gasteiger partial charge in [0.25, 0.3) is 5.69 Å². The Morgan fingerprint density at radius 1 is 1.38 bits per heavy atom. The lowest BCUT2D eigenvalue weighted by Gasteiger charge is -2.44. The fraction of sp³-hybridized carbons (Fsp3) is 0.571. The molecule has 1 aromatic rings. The van der Waals surface area contributed by atoms with E-state index in [0.29, 0.717) is 11.8 Å². The predicted octanol–water partition coefficient (Wildman–Crippen LogP) is 1.12. The van der Waals surface area contributed by atoms with Crippen molar-refractivity contribution in [2.24, 2.45) is 0 Å². The quantitative estimate of drug-likeness (QED) is 0.614. The Hall–Kier alpha value is -1.86. The van der Waals surface area contributed by atoms with Crippen LogP contribution in [0.4, 0.5) is 11.4 Å². The Morgan fingerprint density at radius 2 is 2.24 bits per heavy atom. The largest absolute Gasteiger partial charge is 0.494 e. The molecule has 21 heavy (non-hydrogen) atoms. The number of piperazine rings is 1. The van der Waals surface area contributed by atoms with Crippen LogP contribution in [0.15, 0.2) is 18.2 Å². The summed E-state index contributed by atoms with van der Waals surface area (Å²) < 4.78 is 10.9. The number of ether oxygens (including phenoxy) is 2. The first-order valence-electron chi connectivity index (χ1n) is 7.08. The first kappa shape index (κ1) is 14.1. The van der Waals surface area contributed by atoms with Crippen molar-refractivity contribution in [2.45, 2.75) is 6.04 Å². The molecule has 0 aromatic heterocycles. The number of anilines is 1. The van der Waals surface area contributed by atoms with Crippen LogP contribution in [0.25, 0.3) is 0 Å². The van der Waals surface area contributed by atoms with Crippen molar-refractivity contribution in [3.05, 3.63) is 28.3 Å². The smallest absolute Gasteiger partial charge is 0.273 e. The zero-order valence-electron chi connectivity index (χ0n) is 12.0. The molecular formula is C14H19N3O4. The van der Waals surface area contributed by atoms with Crippen LogP contribution >= 0.6 is 0 Å². The third kappa shape index (κ3) is 2.79. The van der Waals surface area contributed by atoms with Crippen LogP contribution < -0.4 is 9.64 Å². The number of morpholine rings is 1. The highest BCUT2D eigenvalue weighted by Gasteiger charge is 2.30. The first-order valence-corrected chi connectivity index (χ1v) is 7.08. The summed E-state index contributed by atoms with van der Waals surface area (Å²) >= 11 is 0. The van der Waals surface area contributed by atoms with Crippen molar-refractivity contribution >= 4 is 11.4 Å². The number of nitrogens with zero attached hydrogens (tertiary/aromatic N) is 3. The number of methoxy groups -OCH3 is 1. The van der Waals surface area contributed by atoms with E-state index in [1.165, 1.54) is 12.1 Å². The second-order valence-corrected chi connectivity index (χ2v) is 5.32. The van der Waals surface area contributed by atoms with E-state index in [1.54, 1.807) is 13.2 Å². The molecule has 0 aliphatic carbocycles. The van der Waals surface area contributed by atoms with Gasteiger partial charge in [-0.25, -0.2) is 0 Å². The summed E-state index contributed by atoms with van der Waals surface area (Å²) in [7, 11) is 1.54. The lowest BCUT2D eigenvalue weighted by molar-refractivity contribution is -0.384. The van der Waals surface area contributed by atoms with Crippen LogP contribution in [0.1, 0.15) is 0 Å². The van der Waals surface area contributed by atoms with E-state index in [-0.39, 0.29) is 5.69 Å². The molecule has 2 heterocycles. The molecule has 2 aliphatic rings. The zero-order chi connectivity index (χ0) is 14.8. The average Bonchev–Trinajstić information content (AvgIpc) is 2.53. The van der Waals surface area contributed by atoms with E-state index >= 15 is 0 Å². The molecule has 3 rings (SSSR count). The Labute approximate surface area is 123 Å². The summed E-state index contributed by atoms with van der Waals surface area (Å²) in [6.07, 6.45) is 0. The van der Waals surface area contributed by atoms with E-state index < -0.39 is 4.92 Å². The summed E-state index contributed by atoms with van der Waals surface area (Å²) in [5, 5.41) is 10.9. The van der Waals surface area contributed by atoms with Gasteiger partial charge in [0.05, 0.1) is 43.0 Å². The summed E-state index contributed by atoms with van der Waals surface area (Å²) in [4.78, 5) is 15.1. The summed E-state index contributed by atoms with van der Waals surface area (Å²) in [6.45, 7) is 5.26. The molecule has 0 bridgehead atoms. The third-order valence-corrected chi connectivity index (χ3v) is 4.15. The van der Waals surface area contributed by atoms with E-state index in [1.807, 2.05) is 0 Å². The van der Waals surface area contributed by atoms with Crippen LogP contribution in [0.3, 0.4) is 0 Å². The van der Waals surface area contributed by atoms with E-state index in [2.05, 4.69) is 9.80 Å². The fourth-order valence-corrected chi connectivity index (χ4v) is 3.01. The van der Waals surface area contributed by atoms with Crippen molar-refractivity contribution < 1.29 is 14.4 Å². The standard InChI is InChI=1S/C14H19N3O4/c1-20-14-8-11(17(18)19)2-3-13(14)16-5-4-15-6-7-21-10-12(15)9-16/h2-3,8,12H,4-7,9-10H2,1H3/t12-/m0/s1. The molecule has 0 amide bonds. The number of nitro benzene ring substituents is 1. The predicted molar refractivity (Wildman–Crippen MR) is 78.0 cm³/mol. The summed E-state index contributed by atoms with van der Waals surface area (Å²) in [5.41, 5.74) is 0.962. The van der Waals surface area contributed by atoms with Gasteiger partial charge in [0.15, 0.2) is 0 Å². The van der Waals surface area contributed by atoms with E-state index in [9.17, 15) is 10.1 Å². The minimum absolute atomic E-state index is 0.0511. The molecule has 7 nitrogen and oxygen atoms in total. The SMILES string of the molecule is COc1cc([N+](=O)[O-])ccc1N1CCN2CCOC[C@@H]2C1. The van der Waals surface area contributed by atoms with E-state index in [4.69, 9.17) is 9.47 Å². The maximum absolute atomic E-state index is 10.9. The Bertz CT molecular complexity index is 537. The number of fused-ring (bicyclic) bond motifs is 1. The number of nitro groups is 1. The Morgan fingerprint density at radius 3 is 3.00 bits per heavy atom. The van der Waals surface area contributed by atoms with Crippen molar-refractivity contribution in [3.63, 3.8) is 0 Å². The Kier molecular flexibility index (Phi) is 3.94. The van der Waals surface area contributed by atoms with Gasteiger partial charge in [-0.1, -0.05) is 0 Å². The van der Waals surface area contributed by atoms with Gasteiger partial charge in [0.1, 0.15) is 5.75 Å². The molecule has 2 saturated heterocycles. The average molecular weight is 293 g/mol. The van der Waals surface area contributed by atoms with Gasteiger partial charge in [-0.2, -0.15) is 0 Å². The molecule has 1 aromatic carbocycles. The topological polar surface area (TPSA) is 68.1 Å². The number of rotatable bonds is 3. The molecule has 114 valence electrons. The summed E-state index contributed by atoms with van der Waals surface area (Å²) in [6, 6.07) is 5.17. The minimum atomic E-state index is -0.404. The second kappa shape index (κ2) is 5.87. The minimum Gasteiger partial charge on any atom is -0.494 e. The van der Waals surface area contributed by atoms with Crippen LogP contribution in [-0.4, -0.2) is 62.4 Å². The molecular weight excluding hydrogens is 274 g/mol. The molecule has 2 aliphatic heterocycles. The molecule has 0 radical (unpaired) electrons. The van der Waals surface area contributed by atoms with Crippen molar-refractivity contribution in [3.8, 4) is 5.75 Å². The van der Waals surface area contributed by atoms with Crippen LogP contribution in [0, 0.1) is 10.1 Å². The molecule has 7 heteroatoms. The van der Waals surface area contributed by atoms with Crippen LogP contribution in [-0.2, 0) is 4.74 Å². The molecule has 0 N–H and O–H groups in total. The molecule has 0 spiro atoms. The van der Waals surface area contributed by atoms with E-state index in [0.717, 1.165) is 45.1 Å². The monoisotopic (exact) mass is 293 g/mol.